The zero-order valence-electron chi connectivity index (χ0n) is 17.1. The van der Waals surface area contributed by atoms with Crippen molar-refractivity contribution in [1.29, 1.82) is 0 Å². The number of aliphatic hydroxyl groups is 1. The van der Waals surface area contributed by atoms with Gasteiger partial charge in [0.2, 0.25) is 0 Å². The molecule has 3 aromatic rings. The molecule has 0 bridgehead atoms. The minimum Gasteiger partial charge on any atom is -0.386 e. The van der Waals surface area contributed by atoms with E-state index in [0.29, 0.717) is 39.6 Å². The Balaban J connectivity index is 1.89. The Morgan fingerprint density at radius 1 is 1.22 bits per heavy atom. The lowest BCUT2D eigenvalue weighted by Gasteiger charge is -2.35. The number of pyridine rings is 1. The summed E-state index contributed by atoms with van der Waals surface area (Å²) in [7, 11) is 0. The number of carbonyl (C=O) groups excluding carboxylic acids is 2. The van der Waals surface area contributed by atoms with E-state index in [2.05, 4.69) is 9.97 Å². The molecule has 0 atom stereocenters. The van der Waals surface area contributed by atoms with Gasteiger partial charge in [0.05, 0.1) is 15.8 Å². The quantitative estimate of drug-likeness (QED) is 0.561. The summed E-state index contributed by atoms with van der Waals surface area (Å²) >= 11 is 1.34. The van der Waals surface area contributed by atoms with Gasteiger partial charge in [0.15, 0.2) is 5.13 Å². The summed E-state index contributed by atoms with van der Waals surface area (Å²) in [5.74, 6) is -1.15. The molecule has 0 spiro atoms. The van der Waals surface area contributed by atoms with E-state index in [1.807, 2.05) is 4.90 Å². The SMILES string of the molecule is CC(C)(O)c1cc2nc(N3CC(C=O)C3)sc2cc1-c1ccc(C(F)(F)F)nc1C(N)=O. The molecule has 3 N–H and O–H groups in total. The molecule has 168 valence electrons. The Bertz CT molecular complexity index is 1230. The maximum atomic E-state index is 13.1. The maximum absolute atomic E-state index is 13.1. The highest BCUT2D eigenvalue weighted by Crippen LogP contribution is 2.41. The van der Waals surface area contributed by atoms with E-state index in [1.54, 1.807) is 12.1 Å². The number of primary amides is 1. The van der Waals surface area contributed by atoms with Crippen LogP contribution in [0.1, 0.15) is 35.6 Å². The summed E-state index contributed by atoms with van der Waals surface area (Å²) in [6.07, 6.45) is -3.84. The van der Waals surface area contributed by atoms with Gasteiger partial charge in [0.1, 0.15) is 17.7 Å². The molecule has 7 nitrogen and oxygen atoms in total. The molecule has 0 saturated carbocycles. The molecular weight excluding hydrogens is 445 g/mol. The number of alkyl halides is 3. The molecule has 1 fully saturated rings. The van der Waals surface area contributed by atoms with Crippen molar-refractivity contribution in [3.05, 3.63) is 41.2 Å². The first-order valence-electron chi connectivity index (χ1n) is 9.64. The van der Waals surface area contributed by atoms with Gasteiger partial charge in [0, 0.05) is 24.6 Å². The van der Waals surface area contributed by atoms with Crippen molar-refractivity contribution in [2.75, 3.05) is 18.0 Å². The number of carbonyl (C=O) groups is 2. The number of anilines is 1. The Hall–Kier alpha value is -3.05. The number of fused-ring (bicyclic) bond motifs is 1. The number of rotatable bonds is 5. The van der Waals surface area contributed by atoms with Crippen LogP contribution in [0.5, 0.6) is 0 Å². The second kappa shape index (κ2) is 7.52. The summed E-state index contributed by atoms with van der Waals surface area (Å²) in [5.41, 5.74) is 3.56. The number of thiazole rings is 1. The smallest absolute Gasteiger partial charge is 0.386 e. The molecule has 11 heteroatoms. The topological polar surface area (TPSA) is 109 Å². The van der Waals surface area contributed by atoms with Crippen molar-refractivity contribution in [2.24, 2.45) is 11.7 Å². The first-order valence-corrected chi connectivity index (χ1v) is 10.5. The lowest BCUT2D eigenvalue weighted by atomic mass is 9.88. The van der Waals surface area contributed by atoms with Gasteiger partial charge in [-0.3, -0.25) is 4.79 Å². The Morgan fingerprint density at radius 2 is 1.91 bits per heavy atom. The number of aromatic nitrogens is 2. The molecule has 1 aliphatic rings. The van der Waals surface area contributed by atoms with Crippen LogP contribution in [-0.4, -0.2) is 40.4 Å². The zero-order valence-corrected chi connectivity index (χ0v) is 17.9. The second-order valence-corrected chi connectivity index (χ2v) is 9.19. The molecular formula is C21H19F3N4O3S. The number of aldehydes is 1. The van der Waals surface area contributed by atoms with Gasteiger partial charge in [-0.25, -0.2) is 9.97 Å². The monoisotopic (exact) mass is 464 g/mol. The van der Waals surface area contributed by atoms with Crippen LogP contribution >= 0.6 is 11.3 Å². The average molecular weight is 464 g/mol. The number of nitrogens with zero attached hydrogens (tertiary/aromatic N) is 3. The van der Waals surface area contributed by atoms with Gasteiger partial charge in [-0.15, -0.1) is 0 Å². The van der Waals surface area contributed by atoms with Crippen molar-refractivity contribution in [3.63, 3.8) is 0 Å². The minimum absolute atomic E-state index is 0.0409. The molecule has 1 aromatic carbocycles. The van der Waals surface area contributed by atoms with E-state index in [0.717, 1.165) is 18.4 Å². The number of nitrogens with two attached hydrogens (primary N) is 1. The molecule has 3 heterocycles. The van der Waals surface area contributed by atoms with E-state index in [1.165, 1.54) is 25.2 Å². The average Bonchev–Trinajstić information content (AvgIpc) is 3.06. The van der Waals surface area contributed by atoms with Crippen molar-refractivity contribution in [1.82, 2.24) is 9.97 Å². The maximum Gasteiger partial charge on any atom is 0.433 e. The summed E-state index contributed by atoms with van der Waals surface area (Å²) in [6.45, 7) is 4.17. The van der Waals surface area contributed by atoms with Gasteiger partial charge in [0.25, 0.3) is 5.91 Å². The molecule has 1 amide bonds. The fraction of sp³-hybridized carbons (Fsp3) is 0.333. The lowest BCUT2D eigenvalue weighted by Crippen LogP contribution is -2.47. The number of benzene rings is 1. The predicted octanol–water partition coefficient (Wildman–Crippen LogP) is 3.34. The largest absolute Gasteiger partial charge is 0.433 e. The highest BCUT2D eigenvalue weighted by atomic mass is 32.1. The Kier molecular flexibility index (Phi) is 5.21. The van der Waals surface area contributed by atoms with E-state index in [-0.39, 0.29) is 11.5 Å². The summed E-state index contributed by atoms with van der Waals surface area (Å²) in [5, 5.41) is 11.4. The Labute approximate surface area is 184 Å². The number of hydrogen-bond donors (Lipinski definition) is 2. The van der Waals surface area contributed by atoms with E-state index in [9.17, 15) is 27.9 Å². The molecule has 0 aliphatic carbocycles. The van der Waals surface area contributed by atoms with Gasteiger partial charge in [-0.2, -0.15) is 13.2 Å². The third kappa shape index (κ3) is 3.93. The van der Waals surface area contributed by atoms with Crippen molar-refractivity contribution < 1.29 is 27.9 Å². The third-order valence-corrected chi connectivity index (χ3v) is 6.34. The molecule has 0 radical (unpaired) electrons. The second-order valence-electron chi connectivity index (χ2n) is 8.18. The van der Waals surface area contributed by atoms with Crippen molar-refractivity contribution in [3.8, 4) is 11.1 Å². The van der Waals surface area contributed by atoms with Gasteiger partial charge < -0.3 is 20.5 Å². The van der Waals surface area contributed by atoms with Crippen LogP contribution < -0.4 is 10.6 Å². The van der Waals surface area contributed by atoms with Crippen LogP contribution in [0.3, 0.4) is 0 Å². The van der Waals surface area contributed by atoms with Crippen molar-refractivity contribution in [2.45, 2.75) is 25.6 Å². The minimum atomic E-state index is -4.74. The standard InChI is InChI=1S/C21H19F3N4O3S/c1-20(2,31)13-6-14-15(32-19(26-14)28-7-10(8-28)9-29)5-12(13)11-3-4-16(21(22,23)24)27-17(11)18(25)30/h3-6,9-10,31H,7-8H2,1-2H3,(H2,25,30). The van der Waals surface area contributed by atoms with E-state index < -0.39 is 29.1 Å². The summed E-state index contributed by atoms with van der Waals surface area (Å²) in [4.78, 5) is 32.8. The molecule has 32 heavy (non-hydrogen) atoms. The van der Waals surface area contributed by atoms with Crippen LogP contribution in [0.25, 0.3) is 21.3 Å². The molecule has 4 rings (SSSR count). The van der Waals surface area contributed by atoms with E-state index in [4.69, 9.17) is 5.73 Å². The van der Waals surface area contributed by atoms with Gasteiger partial charge in [-0.05, 0) is 49.2 Å². The fourth-order valence-electron chi connectivity index (χ4n) is 3.60. The Morgan fingerprint density at radius 3 is 2.47 bits per heavy atom. The molecule has 1 saturated heterocycles. The van der Waals surface area contributed by atoms with Crippen LogP contribution in [-0.2, 0) is 16.6 Å². The third-order valence-electron chi connectivity index (χ3n) is 5.26. The fourth-order valence-corrected chi connectivity index (χ4v) is 4.61. The zero-order chi connectivity index (χ0) is 23.4. The number of halogens is 3. The lowest BCUT2D eigenvalue weighted by molar-refractivity contribution is -0.141. The van der Waals surface area contributed by atoms with Crippen LogP contribution in [0.2, 0.25) is 0 Å². The highest BCUT2D eigenvalue weighted by Gasteiger charge is 2.35. The van der Waals surface area contributed by atoms with Crippen LogP contribution in [0.15, 0.2) is 24.3 Å². The summed E-state index contributed by atoms with van der Waals surface area (Å²) < 4.78 is 40.1. The molecule has 2 aromatic heterocycles. The number of amides is 1. The summed E-state index contributed by atoms with van der Waals surface area (Å²) in [6, 6.07) is 5.22. The number of hydrogen-bond acceptors (Lipinski definition) is 7. The normalized spacial score (nSPS) is 15.1. The highest BCUT2D eigenvalue weighted by molar-refractivity contribution is 7.22. The van der Waals surface area contributed by atoms with Crippen LogP contribution in [0.4, 0.5) is 18.3 Å². The first kappa shape index (κ1) is 22.2. The van der Waals surface area contributed by atoms with Gasteiger partial charge in [-0.1, -0.05) is 11.3 Å². The van der Waals surface area contributed by atoms with Crippen LogP contribution in [0, 0.1) is 5.92 Å². The predicted molar refractivity (Wildman–Crippen MR) is 113 cm³/mol. The van der Waals surface area contributed by atoms with E-state index >= 15 is 0 Å². The first-order chi connectivity index (χ1) is 14.9. The molecule has 1 aliphatic heterocycles. The van der Waals surface area contributed by atoms with Crippen molar-refractivity contribution >= 4 is 38.9 Å². The van der Waals surface area contributed by atoms with Gasteiger partial charge >= 0.3 is 6.18 Å². The molecule has 0 unspecified atom stereocenters.